The van der Waals surface area contributed by atoms with Gasteiger partial charge in [-0.05, 0) is 61.9 Å². The third-order valence-electron chi connectivity index (χ3n) is 5.55. The van der Waals surface area contributed by atoms with Gasteiger partial charge in [0.2, 0.25) is 5.95 Å². The van der Waals surface area contributed by atoms with Gasteiger partial charge < -0.3 is 9.30 Å². The maximum Gasteiger partial charge on any atom is 0.573 e. The molecule has 0 radical (unpaired) electrons. The van der Waals surface area contributed by atoms with Crippen molar-refractivity contribution >= 4 is 27.0 Å². The molecule has 1 aromatic heterocycles. The van der Waals surface area contributed by atoms with Gasteiger partial charge in [0, 0.05) is 6.04 Å². The van der Waals surface area contributed by atoms with E-state index in [1.165, 1.54) is 47.0 Å². The van der Waals surface area contributed by atoms with E-state index in [9.17, 15) is 34.8 Å². The number of hydrogen-bond acceptors (Lipinski definition) is 4. The Morgan fingerprint density at radius 2 is 1.55 bits per heavy atom. The van der Waals surface area contributed by atoms with E-state index in [1.807, 2.05) is 0 Å². The molecule has 0 bridgehead atoms. The van der Waals surface area contributed by atoms with E-state index < -0.39 is 39.9 Å². The second-order valence-electron chi connectivity index (χ2n) is 8.59. The van der Waals surface area contributed by atoms with Crippen LogP contribution in [0.5, 0.6) is 5.75 Å². The van der Waals surface area contributed by atoms with Crippen molar-refractivity contribution in [2.24, 2.45) is 0 Å². The van der Waals surface area contributed by atoms with E-state index in [0.717, 1.165) is 28.6 Å². The fraction of sp³-hybridized carbons (Fsp3) is 0.240. The molecular weight excluding hydrogens is 536 g/mol. The zero-order chi connectivity index (χ0) is 27.9. The van der Waals surface area contributed by atoms with Crippen LogP contribution in [0.4, 0.5) is 32.3 Å². The van der Waals surface area contributed by atoms with Crippen molar-refractivity contribution in [1.29, 1.82) is 0 Å². The van der Waals surface area contributed by atoms with Gasteiger partial charge in [-0.15, -0.1) is 13.2 Å². The first-order valence-corrected chi connectivity index (χ1v) is 12.6. The van der Waals surface area contributed by atoms with Gasteiger partial charge in [-0.1, -0.05) is 30.3 Å². The van der Waals surface area contributed by atoms with Gasteiger partial charge in [-0.25, -0.2) is 17.7 Å². The van der Waals surface area contributed by atoms with Gasteiger partial charge in [0.25, 0.3) is 10.0 Å². The van der Waals surface area contributed by atoms with E-state index >= 15 is 0 Å². The maximum absolute atomic E-state index is 13.8. The van der Waals surface area contributed by atoms with Gasteiger partial charge in [0.15, 0.2) is 0 Å². The molecule has 202 valence electrons. The Hall–Kier alpha value is -3.74. The molecule has 0 spiro atoms. The summed E-state index contributed by atoms with van der Waals surface area (Å²) < 4.78 is 112. The van der Waals surface area contributed by atoms with Crippen molar-refractivity contribution in [1.82, 2.24) is 9.55 Å². The predicted octanol–water partition coefficient (Wildman–Crippen LogP) is 6.93. The normalized spacial score (nSPS) is 12.8. The molecule has 38 heavy (non-hydrogen) atoms. The Kier molecular flexibility index (Phi) is 7.08. The molecule has 0 aliphatic carbocycles. The molecule has 6 nitrogen and oxygen atoms in total. The number of sulfonamides is 1. The summed E-state index contributed by atoms with van der Waals surface area (Å²) in [6, 6.07) is 14.5. The molecule has 1 heterocycles. The van der Waals surface area contributed by atoms with Crippen LogP contribution < -0.4 is 9.04 Å². The van der Waals surface area contributed by atoms with E-state index in [0.29, 0.717) is 0 Å². The summed E-state index contributed by atoms with van der Waals surface area (Å²) >= 11 is 0. The molecule has 0 atom stereocenters. The zero-order valence-electron chi connectivity index (χ0n) is 20.0. The molecule has 0 saturated heterocycles. The number of alkyl halides is 6. The number of benzene rings is 3. The molecule has 13 heteroatoms. The molecule has 0 amide bonds. The number of rotatable bonds is 7. The van der Waals surface area contributed by atoms with Crippen molar-refractivity contribution in [3.8, 4) is 5.75 Å². The van der Waals surface area contributed by atoms with Crippen LogP contribution in [0.1, 0.15) is 31.0 Å². The first kappa shape index (κ1) is 27.3. The van der Waals surface area contributed by atoms with E-state index in [1.54, 1.807) is 19.9 Å². The Morgan fingerprint density at radius 3 is 2.11 bits per heavy atom. The van der Waals surface area contributed by atoms with Gasteiger partial charge in [-0.3, -0.25) is 0 Å². The number of anilines is 1. The van der Waals surface area contributed by atoms with E-state index in [-0.39, 0.29) is 34.0 Å². The number of hydrogen-bond donors (Lipinski definition) is 0. The second kappa shape index (κ2) is 9.86. The Bertz CT molecular complexity index is 1530. The molecule has 3 aromatic carbocycles. The van der Waals surface area contributed by atoms with Crippen LogP contribution >= 0.6 is 0 Å². The summed E-state index contributed by atoms with van der Waals surface area (Å²) in [4.78, 5) is 4.20. The fourth-order valence-corrected chi connectivity index (χ4v) is 5.31. The van der Waals surface area contributed by atoms with Gasteiger partial charge in [-0.2, -0.15) is 13.2 Å². The van der Waals surface area contributed by atoms with E-state index in [4.69, 9.17) is 0 Å². The molecule has 0 aliphatic rings. The molecule has 0 saturated carbocycles. The lowest BCUT2D eigenvalue weighted by molar-refractivity contribution is -0.274. The number of fused-ring (bicyclic) bond motifs is 1. The monoisotopic (exact) mass is 557 g/mol. The summed E-state index contributed by atoms with van der Waals surface area (Å²) in [7, 11) is -4.32. The first-order valence-electron chi connectivity index (χ1n) is 11.2. The van der Waals surface area contributed by atoms with Crippen molar-refractivity contribution in [3.63, 3.8) is 0 Å². The van der Waals surface area contributed by atoms with Crippen LogP contribution in [0.3, 0.4) is 0 Å². The van der Waals surface area contributed by atoms with Crippen molar-refractivity contribution in [3.05, 3.63) is 83.9 Å². The maximum atomic E-state index is 13.8. The molecule has 0 fully saturated rings. The quantitative estimate of drug-likeness (QED) is 0.231. The Balaban J connectivity index is 1.87. The minimum atomic E-state index is -4.90. The molecule has 4 aromatic rings. The summed E-state index contributed by atoms with van der Waals surface area (Å²) in [6.45, 7) is 3.07. The minimum Gasteiger partial charge on any atom is -0.406 e. The van der Waals surface area contributed by atoms with Crippen molar-refractivity contribution in [2.45, 2.75) is 43.9 Å². The van der Waals surface area contributed by atoms with Crippen molar-refractivity contribution < 1.29 is 39.5 Å². The SMILES string of the molecule is CC(C)n1c(N(Cc2ccc(OC(F)(F)F)cc2)S(=O)(=O)c2ccccc2)nc2cc(C(F)(F)F)ccc21. The van der Waals surface area contributed by atoms with Crippen LogP contribution in [0.15, 0.2) is 77.7 Å². The van der Waals surface area contributed by atoms with Crippen LogP contribution in [0, 0.1) is 0 Å². The smallest absolute Gasteiger partial charge is 0.406 e. The highest BCUT2D eigenvalue weighted by Crippen LogP contribution is 2.36. The Labute approximate surface area is 214 Å². The number of nitrogens with zero attached hydrogens (tertiary/aromatic N) is 3. The molecule has 0 aliphatic heterocycles. The lowest BCUT2D eigenvalue weighted by Gasteiger charge is -2.26. The van der Waals surface area contributed by atoms with Crippen molar-refractivity contribution in [2.75, 3.05) is 4.31 Å². The summed E-state index contributed by atoms with van der Waals surface area (Å²) in [5.41, 5.74) is -0.434. The highest BCUT2D eigenvalue weighted by Gasteiger charge is 2.34. The number of halogens is 6. The van der Waals surface area contributed by atoms with Gasteiger partial charge in [0.05, 0.1) is 28.0 Å². The van der Waals surface area contributed by atoms with Crippen LogP contribution in [0.25, 0.3) is 11.0 Å². The number of aromatic nitrogens is 2. The standard InChI is InChI=1S/C25H21F6N3O3S/c1-16(2)34-22-13-10-18(24(26,27)28)14-21(22)32-23(34)33(38(35,36)20-6-4-3-5-7-20)15-17-8-11-19(12-9-17)37-25(29,30)31/h3-14,16H,15H2,1-2H3. The number of imidazole rings is 1. The highest BCUT2D eigenvalue weighted by molar-refractivity contribution is 7.92. The lowest BCUT2D eigenvalue weighted by Crippen LogP contribution is -2.33. The lowest BCUT2D eigenvalue weighted by atomic mass is 10.2. The van der Waals surface area contributed by atoms with E-state index in [2.05, 4.69) is 9.72 Å². The predicted molar refractivity (Wildman–Crippen MR) is 128 cm³/mol. The third-order valence-corrected chi connectivity index (χ3v) is 7.29. The summed E-state index contributed by atoms with van der Waals surface area (Å²) in [5, 5.41) is 0. The average Bonchev–Trinajstić information content (AvgIpc) is 3.21. The molecule has 0 unspecified atom stereocenters. The van der Waals surface area contributed by atoms with Crippen LogP contribution in [-0.2, 0) is 22.7 Å². The molecule has 0 N–H and O–H groups in total. The largest absolute Gasteiger partial charge is 0.573 e. The number of ether oxygens (including phenoxy) is 1. The van der Waals surface area contributed by atoms with Crippen LogP contribution in [0.2, 0.25) is 0 Å². The minimum absolute atomic E-state index is 0.0642. The summed E-state index contributed by atoms with van der Waals surface area (Å²) in [6.07, 6.45) is -9.53. The van der Waals surface area contributed by atoms with Gasteiger partial charge >= 0.3 is 12.5 Å². The van der Waals surface area contributed by atoms with Crippen LogP contribution in [-0.4, -0.2) is 24.3 Å². The zero-order valence-corrected chi connectivity index (χ0v) is 20.8. The topological polar surface area (TPSA) is 64.4 Å². The average molecular weight is 558 g/mol. The Morgan fingerprint density at radius 1 is 0.921 bits per heavy atom. The molecular formula is C25H21F6N3O3S. The first-order chi connectivity index (χ1) is 17.7. The third kappa shape index (κ3) is 5.72. The summed E-state index contributed by atoms with van der Waals surface area (Å²) in [5.74, 6) is -0.637. The second-order valence-corrected chi connectivity index (χ2v) is 10.5. The highest BCUT2D eigenvalue weighted by atomic mass is 32.2. The molecule has 4 rings (SSSR count). The van der Waals surface area contributed by atoms with Gasteiger partial charge in [0.1, 0.15) is 5.75 Å². The fourth-order valence-electron chi connectivity index (χ4n) is 3.89.